The Kier molecular flexibility index (Phi) is 4.72. The van der Waals surface area contributed by atoms with Gasteiger partial charge in [-0.2, -0.15) is 0 Å². The van der Waals surface area contributed by atoms with E-state index < -0.39 is 0 Å². The SMILES string of the molecule is Cc1ccccc1-n1c(SCc2cc(-c3ccco3)on2)nc2ccccc2c1=O. The Balaban J connectivity index is 1.56. The van der Waals surface area contributed by atoms with Crippen molar-refractivity contribution in [2.24, 2.45) is 0 Å². The second-order valence-corrected chi connectivity index (χ2v) is 7.73. The van der Waals surface area contributed by atoms with Gasteiger partial charge >= 0.3 is 0 Å². The van der Waals surface area contributed by atoms with Crippen LogP contribution in [0.3, 0.4) is 0 Å². The Labute approximate surface area is 176 Å². The highest BCUT2D eigenvalue weighted by molar-refractivity contribution is 7.98. The quantitative estimate of drug-likeness (QED) is 0.289. The molecule has 0 fully saturated rings. The van der Waals surface area contributed by atoms with Crippen molar-refractivity contribution >= 4 is 22.7 Å². The van der Waals surface area contributed by atoms with E-state index in [1.54, 1.807) is 23.0 Å². The number of hydrogen-bond donors (Lipinski definition) is 0. The fourth-order valence-electron chi connectivity index (χ4n) is 3.29. The predicted octanol–water partition coefficient (Wildman–Crippen LogP) is 5.23. The number of thioether (sulfide) groups is 1. The van der Waals surface area contributed by atoms with Crippen LogP contribution in [0.4, 0.5) is 0 Å². The molecule has 0 unspecified atom stereocenters. The van der Waals surface area contributed by atoms with Gasteiger partial charge in [-0.3, -0.25) is 9.36 Å². The molecule has 5 aromatic rings. The number of para-hydroxylation sites is 2. The lowest BCUT2D eigenvalue weighted by Crippen LogP contribution is -2.22. The van der Waals surface area contributed by atoms with Gasteiger partial charge in [-0.15, -0.1) is 0 Å². The molecule has 3 aromatic heterocycles. The smallest absolute Gasteiger partial charge is 0.266 e. The molecule has 148 valence electrons. The highest BCUT2D eigenvalue weighted by atomic mass is 32.2. The molecule has 7 heteroatoms. The molecule has 0 aliphatic heterocycles. The van der Waals surface area contributed by atoms with E-state index in [9.17, 15) is 4.79 Å². The molecule has 0 radical (unpaired) electrons. The number of hydrogen-bond acceptors (Lipinski definition) is 6. The summed E-state index contributed by atoms with van der Waals surface area (Å²) in [4.78, 5) is 18.1. The summed E-state index contributed by atoms with van der Waals surface area (Å²) in [5.41, 5.74) is 3.14. The van der Waals surface area contributed by atoms with Crippen molar-refractivity contribution in [3.8, 4) is 17.2 Å². The van der Waals surface area contributed by atoms with Gasteiger partial charge in [0.25, 0.3) is 5.56 Å². The van der Waals surface area contributed by atoms with Gasteiger partial charge < -0.3 is 8.94 Å². The molecule has 0 saturated heterocycles. The van der Waals surface area contributed by atoms with Gasteiger partial charge in [-0.05, 0) is 42.8 Å². The minimum absolute atomic E-state index is 0.0890. The first-order chi connectivity index (χ1) is 14.7. The van der Waals surface area contributed by atoms with Crippen molar-refractivity contribution in [1.29, 1.82) is 0 Å². The lowest BCUT2D eigenvalue weighted by atomic mass is 10.2. The van der Waals surface area contributed by atoms with Crippen LogP contribution in [0.15, 0.2) is 91.9 Å². The molecule has 2 aromatic carbocycles. The van der Waals surface area contributed by atoms with Gasteiger partial charge in [0.15, 0.2) is 10.9 Å². The highest BCUT2D eigenvalue weighted by Gasteiger charge is 2.16. The molecule has 0 N–H and O–H groups in total. The lowest BCUT2D eigenvalue weighted by Gasteiger charge is -2.14. The monoisotopic (exact) mass is 415 g/mol. The van der Waals surface area contributed by atoms with Crippen molar-refractivity contribution in [2.75, 3.05) is 0 Å². The maximum Gasteiger partial charge on any atom is 0.266 e. The second-order valence-electron chi connectivity index (χ2n) is 6.79. The molecule has 0 aliphatic carbocycles. The molecule has 0 aliphatic rings. The Morgan fingerprint density at radius 2 is 1.83 bits per heavy atom. The molecular weight excluding hydrogens is 398 g/mol. The van der Waals surface area contributed by atoms with Gasteiger partial charge in [0.1, 0.15) is 0 Å². The average molecular weight is 415 g/mol. The molecule has 3 heterocycles. The van der Waals surface area contributed by atoms with Crippen molar-refractivity contribution < 1.29 is 8.94 Å². The normalized spacial score (nSPS) is 11.2. The summed E-state index contributed by atoms with van der Waals surface area (Å²) >= 11 is 1.44. The highest BCUT2D eigenvalue weighted by Crippen LogP contribution is 2.27. The van der Waals surface area contributed by atoms with Gasteiger partial charge in [-0.1, -0.05) is 47.3 Å². The van der Waals surface area contributed by atoms with Crippen LogP contribution in [0.25, 0.3) is 28.1 Å². The van der Waals surface area contributed by atoms with Crippen molar-refractivity contribution in [3.05, 3.63) is 94.6 Å². The van der Waals surface area contributed by atoms with Crippen LogP contribution in [0, 0.1) is 6.92 Å². The number of nitrogens with zero attached hydrogens (tertiary/aromatic N) is 3. The topological polar surface area (TPSA) is 74.1 Å². The first kappa shape index (κ1) is 18.4. The molecule has 6 nitrogen and oxygen atoms in total. The first-order valence-electron chi connectivity index (χ1n) is 9.41. The zero-order valence-electron chi connectivity index (χ0n) is 16.1. The molecule has 0 bridgehead atoms. The Hall–Kier alpha value is -3.58. The zero-order valence-corrected chi connectivity index (χ0v) is 16.9. The van der Waals surface area contributed by atoms with Crippen LogP contribution in [0.1, 0.15) is 11.3 Å². The van der Waals surface area contributed by atoms with Crippen LogP contribution in [-0.2, 0) is 5.75 Å². The fourth-order valence-corrected chi connectivity index (χ4v) is 4.18. The maximum absolute atomic E-state index is 13.3. The van der Waals surface area contributed by atoms with E-state index in [0.717, 1.165) is 16.9 Å². The van der Waals surface area contributed by atoms with Crippen LogP contribution < -0.4 is 5.56 Å². The van der Waals surface area contributed by atoms with E-state index >= 15 is 0 Å². The number of fused-ring (bicyclic) bond motifs is 1. The third-order valence-electron chi connectivity index (χ3n) is 4.77. The lowest BCUT2D eigenvalue weighted by molar-refractivity contribution is 0.413. The molecule has 0 spiro atoms. The summed E-state index contributed by atoms with van der Waals surface area (Å²) in [6.45, 7) is 1.98. The number of furan rings is 1. The molecule has 5 rings (SSSR count). The van der Waals surface area contributed by atoms with E-state index in [0.29, 0.717) is 33.3 Å². The maximum atomic E-state index is 13.3. The van der Waals surface area contributed by atoms with Gasteiger partial charge in [0.05, 0.1) is 28.5 Å². The summed E-state index contributed by atoms with van der Waals surface area (Å²) in [5, 5.41) is 5.32. The van der Waals surface area contributed by atoms with E-state index in [-0.39, 0.29) is 5.56 Å². The Morgan fingerprint density at radius 3 is 2.67 bits per heavy atom. The molecule has 0 amide bonds. The Bertz CT molecular complexity index is 1390. The first-order valence-corrected chi connectivity index (χ1v) is 10.4. The van der Waals surface area contributed by atoms with E-state index in [1.807, 2.05) is 61.5 Å². The largest absolute Gasteiger partial charge is 0.461 e. The number of aryl methyl sites for hydroxylation is 1. The van der Waals surface area contributed by atoms with Gasteiger partial charge in [0.2, 0.25) is 5.76 Å². The minimum atomic E-state index is -0.0890. The van der Waals surface area contributed by atoms with Crippen LogP contribution in [0.5, 0.6) is 0 Å². The number of benzene rings is 2. The van der Waals surface area contributed by atoms with Gasteiger partial charge in [-0.25, -0.2) is 4.98 Å². The van der Waals surface area contributed by atoms with Crippen LogP contribution in [0.2, 0.25) is 0 Å². The predicted molar refractivity (Wildman–Crippen MR) is 116 cm³/mol. The number of aromatic nitrogens is 3. The van der Waals surface area contributed by atoms with Crippen LogP contribution in [-0.4, -0.2) is 14.7 Å². The van der Waals surface area contributed by atoms with E-state index in [2.05, 4.69) is 5.16 Å². The molecule has 0 atom stereocenters. The minimum Gasteiger partial charge on any atom is -0.461 e. The van der Waals surface area contributed by atoms with Crippen molar-refractivity contribution in [3.63, 3.8) is 0 Å². The number of rotatable bonds is 5. The van der Waals surface area contributed by atoms with Crippen molar-refractivity contribution in [2.45, 2.75) is 17.8 Å². The van der Waals surface area contributed by atoms with E-state index in [1.165, 1.54) is 11.8 Å². The molecule has 30 heavy (non-hydrogen) atoms. The summed E-state index contributed by atoms with van der Waals surface area (Å²) in [7, 11) is 0. The fraction of sp³-hybridized carbons (Fsp3) is 0.0870. The summed E-state index contributed by atoms with van der Waals surface area (Å²) < 4.78 is 12.4. The van der Waals surface area contributed by atoms with Crippen LogP contribution >= 0.6 is 11.8 Å². The molecular formula is C23H17N3O3S. The zero-order chi connectivity index (χ0) is 20.5. The molecule has 0 saturated carbocycles. The Morgan fingerprint density at radius 1 is 1.00 bits per heavy atom. The summed E-state index contributed by atoms with van der Waals surface area (Å²) in [6.07, 6.45) is 1.59. The third kappa shape index (κ3) is 3.33. The second kappa shape index (κ2) is 7.68. The standard InChI is InChI=1S/C23H17N3O3S/c1-15-7-2-5-10-19(15)26-22(27)17-8-3-4-9-18(17)24-23(26)30-14-16-13-21(29-25-16)20-11-6-12-28-20/h2-13H,14H2,1H3. The average Bonchev–Trinajstić information content (AvgIpc) is 3.45. The van der Waals surface area contributed by atoms with E-state index in [4.69, 9.17) is 13.9 Å². The summed E-state index contributed by atoms with van der Waals surface area (Å²) in [5.74, 6) is 1.69. The third-order valence-corrected chi connectivity index (χ3v) is 5.75. The van der Waals surface area contributed by atoms with Crippen molar-refractivity contribution in [1.82, 2.24) is 14.7 Å². The summed E-state index contributed by atoms with van der Waals surface area (Å²) in [6, 6.07) is 20.6. The van der Waals surface area contributed by atoms with Gasteiger partial charge in [0, 0.05) is 11.8 Å².